The lowest BCUT2D eigenvalue weighted by Crippen LogP contribution is -2.49. The molecule has 2 rings (SSSR count). The number of sulfonamides is 1. The first-order valence-corrected chi connectivity index (χ1v) is 14.5. The molecule has 0 aromatic heterocycles. The van der Waals surface area contributed by atoms with Crippen LogP contribution in [0, 0.1) is 0 Å². The van der Waals surface area contributed by atoms with Gasteiger partial charge in [-0.2, -0.15) is 0 Å². The number of rotatable bonds is 12. The molecule has 2 amide bonds. The van der Waals surface area contributed by atoms with Crippen LogP contribution in [-0.2, 0) is 26.2 Å². The highest BCUT2D eigenvalue weighted by Gasteiger charge is 2.27. The molecule has 0 fully saturated rings. The number of benzene rings is 2. The first-order chi connectivity index (χ1) is 16.4. The highest BCUT2D eigenvalue weighted by Crippen LogP contribution is 2.22. The number of hydrogen-bond donors (Lipinski definition) is 1. The molecule has 0 heterocycles. The van der Waals surface area contributed by atoms with Crippen LogP contribution in [0.15, 0.2) is 53.0 Å². The van der Waals surface area contributed by atoms with Crippen LogP contribution in [0.5, 0.6) is 0 Å². The molecule has 0 aliphatic heterocycles. The lowest BCUT2D eigenvalue weighted by atomic mass is 10.1. The summed E-state index contributed by atoms with van der Waals surface area (Å²) in [6.45, 7) is 6.02. The molecule has 0 bridgehead atoms. The van der Waals surface area contributed by atoms with Gasteiger partial charge in [-0.05, 0) is 68.7 Å². The molecule has 2 aromatic rings. The second-order valence-corrected chi connectivity index (χ2v) is 11.8. The molecule has 1 N–H and O–H groups in total. The highest BCUT2D eigenvalue weighted by molar-refractivity contribution is 9.10. The molecule has 0 aliphatic rings. The second-order valence-electron chi connectivity index (χ2n) is 8.56. The first-order valence-electron chi connectivity index (χ1n) is 11.5. The van der Waals surface area contributed by atoms with Gasteiger partial charge in [-0.25, -0.2) is 8.42 Å². The van der Waals surface area contributed by atoms with Gasteiger partial charge < -0.3 is 10.2 Å². The topological polar surface area (TPSA) is 86.8 Å². The van der Waals surface area contributed by atoms with Gasteiger partial charge in [-0.15, -0.1) is 0 Å². The molecule has 0 unspecified atom stereocenters. The Morgan fingerprint density at radius 2 is 1.66 bits per heavy atom. The van der Waals surface area contributed by atoms with Crippen molar-refractivity contribution in [2.45, 2.75) is 58.7 Å². The zero-order chi connectivity index (χ0) is 26.2. The number of nitrogens with one attached hydrogen (secondary N) is 1. The summed E-state index contributed by atoms with van der Waals surface area (Å²) in [6.07, 6.45) is 2.30. The molecule has 0 saturated carbocycles. The van der Waals surface area contributed by atoms with E-state index in [0.717, 1.165) is 22.7 Å². The number of carbonyl (C=O) groups is 2. The maximum atomic E-state index is 13.3. The Kier molecular flexibility index (Phi) is 11.0. The van der Waals surface area contributed by atoms with Gasteiger partial charge in [0.05, 0.1) is 11.9 Å². The molecular weight excluding hydrogens is 554 g/mol. The van der Waals surface area contributed by atoms with Gasteiger partial charge in [0.15, 0.2) is 0 Å². The average molecular weight is 587 g/mol. The molecule has 2 atom stereocenters. The van der Waals surface area contributed by atoms with Crippen molar-refractivity contribution >= 4 is 55.1 Å². The Labute approximate surface area is 222 Å². The number of nitrogens with zero attached hydrogens (tertiary/aromatic N) is 2. The Bertz CT molecular complexity index is 1090. The molecule has 192 valence electrons. The van der Waals surface area contributed by atoms with Crippen molar-refractivity contribution in [3.8, 4) is 0 Å². The van der Waals surface area contributed by atoms with Crippen LogP contribution in [0.1, 0.15) is 45.6 Å². The molecular formula is C25H33BrClN3O4S. The molecule has 0 spiro atoms. The highest BCUT2D eigenvalue weighted by atomic mass is 79.9. The van der Waals surface area contributed by atoms with Crippen molar-refractivity contribution < 1.29 is 18.0 Å². The van der Waals surface area contributed by atoms with Gasteiger partial charge in [0.1, 0.15) is 6.04 Å². The van der Waals surface area contributed by atoms with Crippen molar-refractivity contribution in [2.75, 3.05) is 17.1 Å². The summed E-state index contributed by atoms with van der Waals surface area (Å²) in [5.74, 6) is -0.437. The second kappa shape index (κ2) is 13.3. The summed E-state index contributed by atoms with van der Waals surface area (Å²) in [7, 11) is -3.55. The third-order valence-corrected chi connectivity index (χ3v) is 7.68. The van der Waals surface area contributed by atoms with E-state index in [4.69, 9.17) is 11.6 Å². The quantitative estimate of drug-likeness (QED) is 0.380. The Balaban J connectivity index is 2.15. The van der Waals surface area contributed by atoms with Gasteiger partial charge >= 0.3 is 0 Å². The minimum atomic E-state index is -3.55. The molecule has 2 aromatic carbocycles. The lowest BCUT2D eigenvalue weighted by Gasteiger charge is -2.30. The Morgan fingerprint density at radius 1 is 1.06 bits per heavy atom. The largest absolute Gasteiger partial charge is 0.352 e. The average Bonchev–Trinajstić information content (AvgIpc) is 2.80. The number of hydrogen-bond acceptors (Lipinski definition) is 4. The van der Waals surface area contributed by atoms with E-state index < -0.39 is 16.1 Å². The third-order valence-electron chi connectivity index (χ3n) is 5.70. The summed E-state index contributed by atoms with van der Waals surface area (Å²) in [4.78, 5) is 27.6. The monoisotopic (exact) mass is 585 g/mol. The fraction of sp³-hybridized carbons (Fsp3) is 0.440. The molecule has 0 aliphatic carbocycles. The molecule has 7 nitrogen and oxygen atoms in total. The number of halogens is 2. The van der Waals surface area contributed by atoms with Gasteiger partial charge in [0, 0.05) is 35.0 Å². The number of amides is 2. The maximum Gasteiger partial charge on any atom is 0.242 e. The van der Waals surface area contributed by atoms with Crippen LogP contribution >= 0.6 is 27.5 Å². The standard InChI is InChI=1S/C25H33BrClN3O4S/c1-5-18(2)28-25(32)19(3)29(17-20-8-10-21(26)11-9-20)24(31)7-6-16-30(35(4,33)34)23-14-12-22(27)13-15-23/h8-15,18-19H,5-7,16-17H2,1-4H3,(H,28,32)/t18-,19-/m0/s1. The van der Waals surface area contributed by atoms with Crippen molar-refractivity contribution in [1.29, 1.82) is 0 Å². The van der Waals surface area contributed by atoms with E-state index in [1.165, 1.54) is 4.31 Å². The van der Waals surface area contributed by atoms with Crippen molar-refractivity contribution in [2.24, 2.45) is 0 Å². The van der Waals surface area contributed by atoms with Crippen LogP contribution in [0.4, 0.5) is 5.69 Å². The van der Waals surface area contributed by atoms with E-state index in [1.807, 2.05) is 38.1 Å². The van der Waals surface area contributed by atoms with E-state index in [0.29, 0.717) is 17.1 Å². The van der Waals surface area contributed by atoms with Gasteiger partial charge in [-0.1, -0.05) is 46.6 Å². The minimum Gasteiger partial charge on any atom is -0.352 e. The SMILES string of the molecule is CC[C@H](C)NC(=O)[C@H](C)N(Cc1ccc(Br)cc1)C(=O)CCCN(c1ccc(Cl)cc1)S(C)(=O)=O. The fourth-order valence-corrected chi connectivity index (χ4v) is 4.80. The summed E-state index contributed by atoms with van der Waals surface area (Å²) in [5, 5.41) is 3.45. The van der Waals surface area contributed by atoms with Crippen LogP contribution in [0.25, 0.3) is 0 Å². The predicted molar refractivity (Wildman–Crippen MR) is 145 cm³/mol. The molecule has 35 heavy (non-hydrogen) atoms. The number of carbonyl (C=O) groups excluding carboxylic acids is 2. The lowest BCUT2D eigenvalue weighted by molar-refractivity contribution is -0.140. The molecule has 10 heteroatoms. The first kappa shape index (κ1) is 29.1. The van der Waals surface area contributed by atoms with Crippen molar-refractivity contribution in [3.63, 3.8) is 0 Å². The predicted octanol–water partition coefficient (Wildman–Crippen LogP) is 4.98. The Hall–Kier alpha value is -2.10. The van der Waals surface area contributed by atoms with E-state index in [-0.39, 0.29) is 37.4 Å². The van der Waals surface area contributed by atoms with E-state index in [1.54, 1.807) is 36.1 Å². The molecule has 0 saturated heterocycles. The van der Waals surface area contributed by atoms with Crippen molar-refractivity contribution in [1.82, 2.24) is 10.2 Å². The normalized spacial score (nSPS) is 13.1. The van der Waals surface area contributed by atoms with E-state index >= 15 is 0 Å². The summed E-state index contributed by atoms with van der Waals surface area (Å²) in [6, 6.07) is 13.4. The van der Waals surface area contributed by atoms with Crippen LogP contribution in [-0.4, -0.2) is 50.0 Å². The maximum absolute atomic E-state index is 13.3. The van der Waals surface area contributed by atoms with Gasteiger partial charge in [0.2, 0.25) is 21.8 Å². The van der Waals surface area contributed by atoms with Gasteiger partial charge in [0.25, 0.3) is 0 Å². The summed E-state index contributed by atoms with van der Waals surface area (Å²) >= 11 is 9.34. The molecule has 0 radical (unpaired) electrons. The fourth-order valence-electron chi connectivity index (χ4n) is 3.45. The van der Waals surface area contributed by atoms with E-state index in [2.05, 4.69) is 21.2 Å². The summed E-state index contributed by atoms with van der Waals surface area (Å²) < 4.78 is 26.9. The minimum absolute atomic E-state index is 0.00252. The number of anilines is 1. The third kappa shape index (κ3) is 9.13. The zero-order valence-corrected chi connectivity index (χ0v) is 23.7. The Morgan fingerprint density at radius 3 is 2.20 bits per heavy atom. The zero-order valence-electron chi connectivity index (χ0n) is 20.5. The van der Waals surface area contributed by atoms with Gasteiger partial charge in [-0.3, -0.25) is 13.9 Å². The van der Waals surface area contributed by atoms with Crippen LogP contribution in [0.2, 0.25) is 5.02 Å². The van der Waals surface area contributed by atoms with E-state index in [9.17, 15) is 18.0 Å². The van der Waals surface area contributed by atoms with Crippen molar-refractivity contribution in [3.05, 3.63) is 63.6 Å². The van der Waals surface area contributed by atoms with Crippen LogP contribution in [0.3, 0.4) is 0 Å². The van der Waals surface area contributed by atoms with Crippen LogP contribution < -0.4 is 9.62 Å². The summed E-state index contributed by atoms with van der Waals surface area (Å²) in [5.41, 5.74) is 1.38. The smallest absolute Gasteiger partial charge is 0.242 e.